The van der Waals surface area contributed by atoms with Gasteiger partial charge in [0.1, 0.15) is 6.54 Å². The first kappa shape index (κ1) is 24.8. The normalized spacial score (nSPS) is 20.3. The number of aromatic amines is 1. The SMILES string of the molecule is O=C(CN1C(=O)N(CCc2c[nH]c3ccccc23)C(=O)C2CCCNC21)Nc1ccccc1C(F)(F)F. The van der Waals surface area contributed by atoms with E-state index in [1.165, 1.54) is 17.0 Å². The van der Waals surface area contributed by atoms with Gasteiger partial charge in [0.25, 0.3) is 0 Å². The summed E-state index contributed by atoms with van der Waals surface area (Å²) in [5.74, 6) is -1.62. The molecule has 2 saturated heterocycles. The second kappa shape index (κ2) is 9.89. The number of carbonyl (C=O) groups is 3. The summed E-state index contributed by atoms with van der Waals surface area (Å²) in [6.07, 6.45) is -1.80. The van der Waals surface area contributed by atoms with Crippen molar-refractivity contribution in [1.29, 1.82) is 0 Å². The van der Waals surface area contributed by atoms with E-state index in [2.05, 4.69) is 15.6 Å². The minimum atomic E-state index is -4.65. The molecule has 0 spiro atoms. The molecule has 2 atom stereocenters. The molecule has 2 aliphatic rings. The molecule has 3 aromatic rings. The number of amides is 4. The fourth-order valence-electron chi connectivity index (χ4n) is 5.15. The molecular formula is C26H26F3N5O3. The number of imide groups is 1. The number of piperidine rings is 1. The molecule has 2 aliphatic heterocycles. The number of rotatable bonds is 6. The highest BCUT2D eigenvalue weighted by Crippen LogP contribution is 2.35. The molecule has 8 nitrogen and oxygen atoms in total. The van der Waals surface area contributed by atoms with E-state index in [0.717, 1.165) is 39.9 Å². The first-order chi connectivity index (χ1) is 17.7. The number of hydrogen-bond donors (Lipinski definition) is 3. The van der Waals surface area contributed by atoms with Gasteiger partial charge < -0.3 is 10.3 Å². The van der Waals surface area contributed by atoms with Crippen molar-refractivity contribution >= 4 is 34.4 Å². The standard InChI is InChI=1S/C26H26F3N5O3/c27-26(28,29)19-8-2-4-10-21(19)32-22(35)15-34-23-18(7-5-12-30-23)24(36)33(25(34)37)13-11-16-14-31-20-9-3-1-6-17(16)20/h1-4,6,8-10,14,18,23,30-31H,5,7,11-13,15H2,(H,32,35). The van der Waals surface area contributed by atoms with Gasteiger partial charge in [0.2, 0.25) is 11.8 Å². The zero-order valence-electron chi connectivity index (χ0n) is 19.8. The maximum Gasteiger partial charge on any atom is 0.418 e. The van der Waals surface area contributed by atoms with E-state index in [0.29, 0.717) is 19.4 Å². The molecule has 11 heteroatoms. The van der Waals surface area contributed by atoms with Gasteiger partial charge in [0.05, 0.1) is 23.3 Å². The second-order valence-electron chi connectivity index (χ2n) is 9.25. The van der Waals surface area contributed by atoms with Crippen LogP contribution in [0.4, 0.5) is 23.7 Å². The van der Waals surface area contributed by atoms with E-state index in [1.54, 1.807) is 0 Å². The van der Waals surface area contributed by atoms with Crippen LogP contribution in [0.25, 0.3) is 10.9 Å². The number of fused-ring (bicyclic) bond motifs is 2. The number of H-pyrrole nitrogens is 1. The lowest BCUT2D eigenvalue weighted by Crippen LogP contribution is -2.68. The molecule has 3 heterocycles. The van der Waals surface area contributed by atoms with Crippen molar-refractivity contribution < 1.29 is 27.6 Å². The van der Waals surface area contributed by atoms with Gasteiger partial charge in [0.15, 0.2) is 0 Å². The number of anilines is 1. The number of urea groups is 1. The molecule has 2 unspecified atom stereocenters. The minimum absolute atomic E-state index is 0.123. The molecule has 2 aromatic carbocycles. The Morgan fingerprint density at radius 2 is 1.84 bits per heavy atom. The molecule has 194 valence electrons. The smallest absolute Gasteiger partial charge is 0.361 e. The molecule has 0 aliphatic carbocycles. The summed E-state index contributed by atoms with van der Waals surface area (Å²) in [6, 6.07) is 11.7. The predicted octanol–water partition coefficient (Wildman–Crippen LogP) is 3.96. The summed E-state index contributed by atoms with van der Waals surface area (Å²) in [5.41, 5.74) is 0.540. The van der Waals surface area contributed by atoms with E-state index in [4.69, 9.17) is 0 Å². The van der Waals surface area contributed by atoms with Crippen molar-refractivity contribution in [3.63, 3.8) is 0 Å². The van der Waals surface area contributed by atoms with Crippen LogP contribution >= 0.6 is 0 Å². The Bertz CT molecular complexity index is 1340. The molecule has 5 rings (SSSR count). The average molecular weight is 514 g/mol. The number of benzene rings is 2. The van der Waals surface area contributed by atoms with Crippen LogP contribution in [0, 0.1) is 5.92 Å². The Morgan fingerprint density at radius 1 is 1.08 bits per heavy atom. The number of alkyl halides is 3. The van der Waals surface area contributed by atoms with Gasteiger partial charge in [0, 0.05) is 23.6 Å². The van der Waals surface area contributed by atoms with Gasteiger partial charge in [-0.2, -0.15) is 13.2 Å². The highest BCUT2D eigenvalue weighted by Gasteiger charge is 2.47. The Labute approximate surface area is 210 Å². The highest BCUT2D eigenvalue weighted by atomic mass is 19.4. The predicted molar refractivity (Wildman–Crippen MR) is 130 cm³/mol. The summed E-state index contributed by atoms with van der Waals surface area (Å²) in [5, 5.41) is 6.43. The number of para-hydroxylation sites is 2. The summed E-state index contributed by atoms with van der Waals surface area (Å²) >= 11 is 0. The third kappa shape index (κ3) is 4.91. The van der Waals surface area contributed by atoms with Crippen molar-refractivity contribution in [2.45, 2.75) is 31.6 Å². The number of halogens is 3. The fraction of sp³-hybridized carbons (Fsp3) is 0.346. The van der Waals surface area contributed by atoms with Crippen molar-refractivity contribution in [3.05, 3.63) is 65.9 Å². The third-order valence-corrected chi connectivity index (χ3v) is 6.92. The number of nitrogens with zero attached hydrogens (tertiary/aromatic N) is 2. The molecule has 37 heavy (non-hydrogen) atoms. The number of hydrogen-bond acceptors (Lipinski definition) is 4. The topological polar surface area (TPSA) is 97.5 Å². The maximum atomic E-state index is 13.5. The van der Waals surface area contributed by atoms with Gasteiger partial charge in [-0.3, -0.25) is 24.7 Å². The molecule has 0 radical (unpaired) electrons. The number of aromatic nitrogens is 1. The molecule has 1 aromatic heterocycles. The average Bonchev–Trinajstić information content (AvgIpc) is 3.29. The van der Waals surface area contributed by atoms with Gasteiger partial charge in [-0.1, -0.05) is 30.3 Å². The Balaban J connectivity index is 1.34. The van der Waals surface area contributed by atoms with E-state index in [1.807, 2.05) is 30.5 Å². The van der Waals surface area contributed by atoms with Gasteiger partial charge >= 0.3 is 12.2 Å². The molecule has 0 saturated carbocycles. The summed E-state index contributed by atoms with van der Waals surface area (Å²) in [4.78, 5) is 45.2. The first-order valence-corrected chi connectivity index (χ1v) is 12.1. The molecular weight excluding hydrogens is 487 g/mol. The van der Waals surface area contributed by atoms with Crippen LogP contribution in [0.3, 0.4) is 0 Å². The number of carbonyl (C=O) groups excluding carboxylic acids is 3. The monoisotopic (exact) mass is 513 g/mol. The van der Waals surface area contributed by atoms with E-state index in [-0.39, 0.29) is 18.1 Å². The van der Waals surface area contributed by atoms with Crippen molar-refractivity contribution in [3.8, 4) is 0 Å². The van der Waals surface area contributed by atoms with Crippen LogP contribution in [0.2, 0.25) is 0 Å². The van der Waals surface area contributed by atoms with E-state index < -0.39 is 42.3 Å². The van der Waals surface area contributed by atoms with Crippen molar-refractivity contribution in [2.75, 3.05) is 25.0 Å². The van der Waals surface area contributed by atoms with Crippen molar-refractivity contribution in [2.24, 2.45) is 5.92 Å². The molecule has 2 fully saturated rings. The summed E-state index contributed by atoms with van der Waals surface area (Å²) < 4.78 is 40.1. The lowest BCUT2D eigenvalue weighted by Gasteiger charge is -2.46. The zero-order chi connectivity index (χ0) is 26.2. The molecule has 4 amide bonds. The van der Waals surface area contributed by atoms with Crippen LogP contribution in [-0.4, -0.2) is 58.4 Å². The Hall–Kier alpha value is -3.86. The lowest BCUT2D eigenvalue weighted by atomic mass is 9.91. The largest absolute Gasteiger partial charge is 0.418 e. The Morgan fingerprint density at radius 3 is 2.65 bits per heavy atom. The Kier molecular flexibility index (Phi) is 6.63. The third-order valence-electron chi connectivity index (χ3n) is 6.92. The summed E-state index contributed by atoms with van der Waals surface area (Å²) in [6.45, 7) is 0.194. The van der Waals surface area contributed by atoms with Crippen molar-refractivity contribution in [1.82, 2.24) is 20.1 Å². The van der Waals surface area contributed by atoms with Crippen LogP contribution in [0.1, 0.15) is 24.0 Å². The first-order valence-electron chi connectivity index (χ1n) is 12.1. The fourth-order valence-corrected chi connectivity index (χ4v) is 5.15. The van der Waals surface area contributed by atoms with Crippen LogP contribution in [0.5, 0.6) is 0 Å². The minimum Gasteiger partial charge on any atom is -0.361 e. The lowest BCUT2D eigenvalue weighted by molar-refractivity contribution is -0.142. The highest BCUT2D eigenvalue weighted by molar-refractivity contribution is 6.01. The molecule has 3 N–H and O–H groups in total. The van der Waals surface area contributed by atoms with E-state index in [9.17, 15) is 27.6 Å². The van der Waals surface area contributed by atoms with Crippen LogP contribution in [0.15, 0.2) is 54.7 Å². The zero-order valence-corrected chi connectivity index (χ0v) is 19.8. The van der Waals surface area contributed by atoms with Crippen LogP contribution in [-0.2, 0) is 22.2 Å². The van der Waals surface area contributed by atoms with E-state index >= 15 is 0 Å². The quantitative estimate of drug-likeness (QED) is 0.465. The van der Waals surface area contributed by atoms with Gasteiger partial charge in [-0.05, 0) is 49.6 Å². The molecule has 0 bridgehead atoms. The van der Waals surface area contributed by atoms with Gasteiger partial charge in [-0.25, -0.2) is 4.79 Å². The van der Waals surface area contributed by atoms with Gasteiger partial charge in [-0.15, -0.1) is 0 Å². The van der Waals surface area contributed by atoms with Crippen LogP contribution < -0.4 is 10.6 Å². The second-order valence-corrected chi connectivity index (χ2v) is 9.25. The number of nitrogens with one attached hydrogen (secondary N) is 3. The summed E-state index contributed by atoms with van der Waals surface area (Å²) in [7, 11) is 0. The maximum absolute atomic E-state index is 13.5.